The topological polar surface area (TPSA) is 30.9 Å². The second kappa shape index (κ2) is 24.1. The van der Waals surface area contributed by atoms with Crippen LogP contribution in [0.15, 0.2) is 140 Å². The predicted octanol–water partition coefficient (Wildman–Crippen LogP) is 11.8. The maximum absolute atomic E-state index is 6.12. The Bertz CT molecular complexity index is 1680. The molecule has 0 aliphatic carbocycles. The molecule has 5 aromatic rings. The van der Waals surface area contributed by atoms with Crippen LogP contribution < -0.4 is 25.4 Å². The third kappa shape index (κ3) is 14.1. The van der Waals surface area contributed by atoms with Gasteiger partial charge in [-0.15, -0.1) is 0 Å². The molecule has 0 amide bonds. The number of hydrogen-bond donors (Lipinski definition) is 0. The molecule has 57 heavy (non-hydrogen) atoms. The molecule has 5 aromatic carbocycles. The molecule has 5 rings (SSSR count). The number of unbranched alkanes of at least 4 members (excludes halogenated alkanes) is 7. The summed E-state index contributed by atoms with van der Waals surface area (Å²) in [6.45, 7) is 11.3. The van der Waals surface area contributed by atoms with E-state index in [0.717, 1.165) is 37.6 Å². The van der Waals surface area contributed by atoms with Crippen LogP contribution in [0, 0.1) is 0 Å². The monoisotopic (exact) mass is 787 g/mol. The van der Waals surface area contributed by atoms with Crippen LogP contribution in [0.5, 0.6) is 11.5 Å². The molecule has 0 fully saturated rings. The van der Waals surface area contributed by atoms with Gasteiger partial charge in [0, 0.05) is 13.1 Å². The fourth-order valence-electron chi connectivity index (χ4n) is 7.82. The Morgan fingerprint density at radius 3 is 1.58 bits per heavy atom. The van der Waals surface area contributed by atoms with Crippen molar-refractivity contribution in [2.24, 2.45) is 0 Å². The van der Waals surface area contributed by atoms with Crippen LogP contribution in [0.4, 0.5) is 0 Å². The molecule has 0 bridgehead atoms. The fourth-order valence-corrected chi connectivity index (χ4v) is 12.2. The highest BCUT2D eigenvalue weighted by Crippen LogP contribution is 2.56. The summed E-state index contributed by atoms with van der Waals surface area (Å²) in [5, 5.41) is 4.45. The summed E-state index contributed by atoms with van der Waals surface area (Å²) in [6, 6.07) is 51.0. The standard InChI is InChI=1S/C52H69NO3P/c1-5-6-20-37-52(2,3)46-31-35-48(36-32-46)56-42-41-54-40-38-53(4)44-45-29-33-47(34-30-45)55-39-21-9-7-8-10-22-43-57(49-23-14-11-15-24-49,50-25-16-12-17-26-50)51-27-18-13-19-28-51/h11-19,23-36H,5-10,20-22,37-44H2,1-4H3/q+1. The summed E-state index contributed by atoms with van der Waals surface area (Å²) in [4.78, 5) is 2.30. The Labute approximate surface area is 346 Å². The summed E-state index contributed by atoms with van der Waals surface area (Å²) in [6.07, 6.45) is 13.6. The average Bonchev–Trinajstić information content (AvgIpc) is 3.24. The van der Waals surface area contributed by atoms with Gasteiger partial charge in [0.25, 0.3) is 0 Å². The van der Waals surface area contributed by atoms with E-state index in [1.807, 2.05) is 0 Å². The molecule has 0 aliphatic rings. The van der Waals surface area contributed by atoms with Gasteiger partial charge in [-0.05, 0) is 110 Å². The van der Waals surface area contributed by atoms with E-state index in [1.54, 1.807) is 0 Å². The normalized spacial score (nSPS) is 11.9. The van der Waals surface area contributed by atoms with Crippen LogP contribution in [0.2, 0.25) is 0 Å². The minimum absolute atomic E-state index is 0.201. The van der Waals surface area contributed by atoms with E-state index in [4.69, 9.17) is 14.2 Å². The molecule has 0 radical (unpaired) electrons. The van der Waals surface area contributed by atoms with E-state index < -0.39 is 7.26 Å². The first-order valence-electron chi connectivity index (χ1n) is 21.7. The lowest BCUT2D eigenvalue weighted by Crippen LogP contribution is -2.33. The lowest BCUT2D eigenvalue weighted by atomic mass is 9.80. The van der Waals surface area contributed by atoms with Gasteiger partial charge in [-0.1, -0.05) is 138 Å². The first-order valence-corrected chi connectivity index (χ1v) is 23.6. The molecule has 0 spiro atoms. The highest BCUT2D eigenvalue weighted by atomic mass is 31.2. The van der Waals surface area contributed by atoms with Crippen molar-refractivity contribution in [3.8, 4) is 11.5 Å². The Hall–Kier alpha value is -3.95. The van der Waals surface area contributed by atoms with Crippen molar-refractivity contribution in [3.63, 3.8) is 0 Å². The Balaban J connectivity index is 0.923. The van der Waals surface area contributed by atoms with Gasteiger partial charge >= 0.3 is 0 Å². The van der Waals surface area contributed by atoms with Gasteiger partial charge in [0.15, 0.2) is 0 Å². The van der Waals surface area contributed by atoms with Crippen molar-refractivity contribution in [2.75, 3.05) is 46.2 Å². The number of nitrogens with zero attached hydrogens (tertiary/aromatic N) is 1. The van der Waals surface area contributed by atoms with Gasteiger partial charge in [0.2, 0.25) is 0 Å². The molecule has 0 saturated heterocycles. The first-order chi connectivity index (χ1) is 27.9. The molecule has 0 aromatic heterocycles. The minimum Gasteiger partial charge on any atom is -0.494 e. The summed E-state index contributed by atoms with van der Waals surface area (Å²) >= 11 is 0. The van der Waals surface area contributed by atoms with Gasteiger partial charge in [-0.25, -0.2) is 0 Å². The van der Waals surface area contributed by atoms with Gasteiger partial charge in [0.05, 0.1) is 26.0 Å². The quantitative estimate of drug-likeness (QED) is 0.0392. The van der Waals surface area contributed by atoms with E-state index >= 15 is 0 Å². The SMILES string of the molecule is CCCCCC(C)(C)c1ccc(OCCOCCN(C)Cc2ccc(OCCCCCCCC[P+](c3ccccc3)(c3ccccc3)c3ccccc3)cc2)cc1. The summed E-state index contributed by atoms with van der Waals surface area (Å²) in [5.41, 5.74) is 2.86. The van der Waals surface area contributed by atoms with Crippen LogP contribution in [0.1, 0.15) is 96.1 Å². The van der Waals surface area contributed by atoms with Crippen LogP contribution in [-0.4, -0.2) is 51.1 Å². The van der Waals surface area contributed by atoms with Crippen molar-refractivity contribution in [3.05, 3.63) is 151 Å². The van der Waals surface area contributed by atoms with E-state index in [0.29, 0.717) is 19.8 Å². The van der Waals surface area contributed by atoms with Gasteiger partial charge in [-0.2, -0.15) is 0 Å². The van der Waals surface area contributed by atoms with E-state index in [1.165, 1.54) is 91.0 Å². The fraction of sp³-hybridized carbons (Fsp3) is 0.423. The summed E-state index contributed by atoms with van der Waals surface area (Å²) in [7, 11) is 0.419. The third-order valence-electron chi connectivity index (χ3n) is 11.3. The number of benzene rings is 5. The third-order valence-corrected chi connectivity index (χ3v) is 15.8. The van der Waals surface area contributed by atoms with Crippen molar-refractivity contribution < 1.29 is 14.2 Å². The largest absolute Gasteiger partial charge is 0.494 e. The number of rotatable bonds is 27. The van der Waals surface area contributed by atoms with Crippen molar-refractivity contribution in [1.82, 2.24) is 4.90 Å². The van der Waals surface area contributed by atoms with Crippen LogP contribution in [0.3, 0.4) is 0 Å². The number of hydrogen-bond acceptors (Lipinski definition) is 4. The van der Waals surface area contributed by atoms with Crippen molar-refractivity contribution in [2.45, 2.75) is 96.9 Å². The van der Waals surface area contributed by atoms with E-state index in [9.17, 15) is 0 Å². The van der Waals surface area contributed by atoms with Gasteiger partial charge in [0.1, 0.15) is 41.3 Å². The second-order valence-electron chi connectivity index (χ2n) is 16.2. The minimum atomic E-state index is -1.72. The van der Waals surface area contributed by atoms with Crippen LogP contribution in [0.25, 0.3) is 0 Å². The van der Waals surface area contributed by atoms with Gasteiger partial charge < -0.3 is 14.2 Å². The molecule has 0 N–H and O–H groups in total. The smallest absolute Gasteiger partial charge is 0.119 e. The van der Waals surface area contributed by atoms with E-state index in [-0.39, 0.29) is 5.41 Å². The molecule has 0 saturated carbocycles. The summed E-state index contributed by atoms with van der Waals surface area (Å²) in [5.74, 6) is 1.87. The highest BCUT2D eigenvalue weighted by Gasteiger charge is 2.44. The maximum atomic E-state index is 6.12. The number of ether oxygens (including phenoxy) is 3. The molecule has 304 valence electrons. The highest BCUT2D eigenvalue weighted by molar-refractivity contribution is 7.95. The zero-order chi connectivity index (χ0) is 40.0. The molecule has 0 aliphatic heterocycles. The molecule has 0 unspecified atom stereocenters. The molecule has 0 atom stereocenters. The molecule has 5 heteroatoms. The van der Waals surface area contributed by atoms with Crippen molar-refractivity contribution in [1.29, 1.82) is 0 Å². The Morgan fingerprint density at radius 2 is 1.02 bits per heavy atom. The lowest BCUT2D eigenvalue weighted by molar-refractivity contribution is 0.0836. The molecule has 0 heterocycles. The van der Waals surface area contributed by atoms with Gasteiger partial charge in [-0.3, -0.25) is 4.90 Å². The van der Waals surface area contributed by atoms with Crippen LogP contribution in [-0.2, 0) is 16.7 Å². The predicted molar refractivity (Wildman–Crippen MR) is 246 cm³/mol. The van der Waals surface area contributed by atoms with Crippen LogP contribution >= 0.6 is 7.26 Å². The lowest BCUT2D eigenvalue weighted by Gasteiger charge is -2.27. The van der Waals surface area contributed by atoms with E-state index in [2.05, 4.69) is 172 Å². The first kappa shape index (κ1) is 44.2. The second-order valence-corrected chi connectivity index (χ2v) is 19.8. The molecular formula is C52H69NO3P+. The Morgan fingerprint density at radius 1 is 0.509 bits per heavy atom. The number of likely N-dealkylation sites (N-methyl/N-ethyl adjacent to an activating group) is 1. The molecule has 4 nitrogen and oxygen atoms in total. The zero-order valence-corrected chi connectivity index (χ0v) is 36.3. The maximum Gasteiger partial charge on any atom is 0.119 e. The van der Waals surface area contributed by atoms with Crippen molar-refractivity contribution >= 4 is 23.2 Å². The summed E-state index contributed by atoms with van der Waals surface area (Å²) < 4.78 is 17.9. The average molecular weight is 787 g/mol. The molecular weight excluding hydrogens is 718 g/mol. The Kier molecular flexibility index (Phi) is 18.7. The zero-order valence-electron chi connectivity index (χ0n) is 35.4.